The van der Waals surface area contributed by atoms with Crippen LogP contribution in [-0.4, -0.2) is 31.0 Å². The number of nitrogens with zero attached hydrogens (tertiary/aromatic N) is 1. The van der Waals surface area contributed by atoms with Crippen molar-refractivity contribution in [2.24, 2.45) is 0 Å². The highest BCUT2D eigenvalue weighted by Gasteiger charge is 2.21. The number of thiophene rings is 1. The standard InChI is InChI=1S/C16H18N2O2S/c1-17-13-2-4-14(5-3-13)20-11-16(19)18-8-6-15-12(10-18)7-9-21-15/h2-5,7,9,17H,6,8,10-11H2,1H3. The lowest BCUT2D eigenvalue weighted by Gasteiger charge is -2.27. The molecule has 3 rings (SSSR count). The van der Waals surface area contributed by atoms with Gasteiger partial charge < -0.3 is 15.0 Å². The van der Waals surface area contributed by atoms with Crippen LogP contribution in [0.4, 0.5) is 5.69 Å². The Kier molecular flexibility index (Phi) is 4.10. The summed E-state index contributed by atoms with van der Waals surface area (Å²) >= 11 is 1.78. The zero-order valence-electron chi connectivity index (χ0n) is 12.0. The third kappa shape index (κ3) is 3.19. The Hall–Kier alpha value is -2.01. The molecule has 1 aliphatic heterocycles. The van der Waals surface area contributed by atoms with Crippen LogP contribution in [0.5, 0.6) is 5.75 Å². The van der Waals surface area contributed by atoms with Crippen LogP contribution in [0, 0.1) is 0 Å². The molecule has 5 heteroatoms. The number of ether oxygens (including phenoxy) is 1. The molecule has 2 aromatic rings. The number of amides is 1. The minimum atomic E-state index is 0.0459. The summed E-state index contributed by atoms with van der Waals surface area (Å²) in [4.78, 5) is 15.5. The van der Waals surface area contributed by atoms with Gasteiger partial charge in [-0.2, -0.15) is 0 Å². The van der Waals surface area contributed by atoms with Gasteiger partial charge in [0.1, 0.15) is 5.75 Å². The van der Waals surface area contributed by atoms with E-state index in [2.05, 4.69) is 16.8 Å². The van der Waals surface area contributed by atoms with E-state index in [0.717, 1.165) is 24.4 Å². The second-order valence-corrected chi connectivity index (χ2v) is 6.00. The van der Waals surface area contributed by atoms with Gasteiger partial charge in [0, 0.05) is 30.7 Å². The summed E-state index contributed by atoms with van der Waals surface area (Å²) in [6.07, 6.45) is 0.954. The van der Waals surface area contributed by atoms with Gasteiger partial charge in [-0.1, -0.05) is 0 Å². The minimum absolute atomic E-state index is 0.0459. The predicted molar refractivity (Wildman–Crippen MR) is 84.9 cm³/mol. The van der Waals surface area contributed by atoms with Crippen molar-refractivity contribution in [3.63, 3.8) is 0 Å². The van der Waals surface area contributed by atoms with E-state index in [4.69, 9.17) is 4.74 Å². The van der Waals surface area contributed by atoms with Gasteiger partial charge in [0.2, 0.25) is 0 Å². The fourth-order valence-electron chi connectivity index (χ4n) is 2.42. The van der Waals surface area contributed by atoms with Crippen molar-refractivity contribution in [2.45, 2.75) is 13.0 Å². The Bertz CT molecular complexity index is 621. The first kappa shape index (κ1) is 13.9. The van der Waals surface area contributed by atoms with E-state index >= 15 is 0 Å². The van der Waals surface area contributed by atoms with Gasteiger partial charge in [-0.3, -0.25) is 4.79 Å². The molecule has 0 aliphatic carbocycles. The number of nitrogens with one attached hydrogen (secondary N) is 1. The van der Waals surface area contributed by atoms with E-state index in [1.54, 1.807) is 11.3 Å². The van der Waals surface area contributed by atoms with Crippen molar-refractivity contribution < 1.29 is 9.53 Å². The molecule has 0 fully saturated rings. The largest absolute Gasteiger partial charge is 0.484 e. The van der Waals surface area contributed by atoms with Gasteiger partial charge in [-0.25, -0.2) is 0 Å². The fourth-order valence-corrected chi connectivity index (χ4v) is 3.31. The minimum Gasteiger partial charge on any atom is -0.484 e. The Balaban J connectivity index is 1.54. The number of benzene rings is 1. The lowest BCUT2D eigenvalue weighted by molar-refractivity contribution is -0.134. The lowest BCUT2D eigenvalue weighted by atomic mass is 10.1. The zero-order valence-corrected chi connectivity index (χ0v) is 12.8. The number of anilines is 1. The van der Waals surface area contributed by atoms with E-state index in [1.165, 1.54) is 10.4 Å². The molecule has 2 heterocycles. The lowest BCUT2D eigenvalue weighted by Crippen LogP contribution is -2.38. The van der Waals surface area contributed by atoms with Gasteiger partial charge in [0.15, 0.2) is 6.61 Å². The van der Waals surface area contributed by atoms with Crippen molar-refractivity contribution in [1.82, 2.24) is 4.90 Å². The first-order chi connectivity index (χ1) is 10.3. The summed E-state index contributed by atoms with van der Waals surface area (Å²) in [6.45, 7) is 1.59. The maximum atomic E-state index is 12.2. The number of carbonyl (C=O) groups is 1. The first-order valence-corrected chi connectivity index (χ1v) is 7.88. The van der Waals surface area contributed by atoms with Crippen LogP contribution < -0.4 is 10.1 Å². The molecule has 1 aliphatic rings. The van der Waals surface area contributed by atoms with Gasteiger partial charge in [0.25, 0.3) is 5.91 Å². The summed E-state index contributed by atoms with van der Waals surface area (Å²) in [5.74, 6) is 0.764. The van der Waals surface area contributed by atoms with Crippen LogP contribution >= 0.6 is 11.3 Å². The van der Waals surface area contributed by atoms with Gasteiger partial charge in [0.05, 0.1) is 0 Å². The van der Waals surface area contributed by atoms with E-state index in [1.807, 2.05) is 36.2 Å². The summed E-state index contributed by atoms with van der Waals surface area (Å²) in [7, 11) is 1.87. The highest BCUT2D eigenvalue weighted by Crippen LogP contribution is 2.24. The average Bonchev–Trinajstić information content (AvgIpc) is 3.00. The molecule has 0 saturated carbocycles. The molecule has 0 atom stereocenters. The van der Waals surface area contributed by atoms with E-state index < -0.39 is 0 Å². The van der Waals surface area contributed by atoms with Gasteiger partial charge >= 0.3 is 0 Å². The zero-order chi connectivity index (χ0) is 14.7. The van der Waals surface area contributed by atoms with Crippen LogP contribution in [0.15, 0.2) is 35.7 Å². The fraction of sp³-hybridized carbons (Fsp3) is 0.312. The first-order valence-electron chi connectivity index (χ1n) is 7.00. The SMILES string of the molecule is CNc1ccc(OCC(=O)N2CCc3sccc3C2)cc1. The number of hydrogen-bond acceptors (Lipinski definition) is 4. The quantitative estimate of drug-likeness (QED) is 0.944. The molecule has 4 nitrogen and oxygen atoms in total. The van der Waals surface area contributed by atoms with Crippen LogP contribution in [0.3, 0.4) is 0 Å². The topological polar surface area (TPSA) is 41.6 Å². The molecule has 110 valence electrons. The summed E-state index contributed by atoms with van der Waals surface area (Å²) < 4.78 is 5.57. The Labute approximate surface area is 128 Å². The van der Waals surface area contributed by atoms with E-state index in [-0.39, 0.29) is 12.5 Å². The third-order valence-corrected chi connectivity index (χ3v) is 4.69. The molecular formula is C16H18N2O2S. The van der Waals surface area contributed by atoms with E-state index in [0.29, 0.717) is 6.54 Å². The summed E-state index contributed by atoms with van der Waals surface area (Å²) in [6, 6.07) is 9.70. The molecule has 0 saturated heterocycles. The van der Waals surface area contributed by atoms with Crippen molar-refractivity contribution in [2.75, 3.05) is 25.5 Å². The molecule has 0 bridgehead atoms. The molecule has 1 amide bonds. The van der Waals surface area contributed by atoms with Gasteiger partial charge in [-0.05, 0) is 47.7 Å². The second-order valence-electron chi connectivity index (χ2n) is 5.00. The van der Waals surface area contributed by atoms with Crippen LogP contribution in [0.25, 0.3) is 0 Å². The molecule has 1 N–H and O–H groups in total. The number of rotatable bonds is 4. The smallest absolute Gasteiger partial charge is 0.260 e. The van der Waals surface area contributed by atoms with Crippen LogP contribution in [0.1, 0.15) is 10.4 Å². The second kappa shape index (κ2) is 6.18. The Morgan fingerprint density at radius 1 is 1.33 bits per heavy atom. The van der Waals surface area contributed by atoms with E-state index in [9.17, 15) is 4.79 Å². The maximum absolute atomic E-state index is 12.2. The molecular weight excluding hydrogens is 284 g/mol. The molecule has 1 aromatic carbocycles. The number of hydrogen-bond donors (Lipinski definition) is 1. The van der Waals surface area contributed by atoms with Crippen molar-refractivity contribution in [1.29, 1.82) is 0 Å². The van der Waals surface area contributed by atoms with Crippen molar-refractivity contribution >= 4 is 22.9 Å². The molecule has 0 unspecified atom stereocenters. The van der Waals surface area contributed by atoms with Crippen molar-refractivity contribution in [3.05, 3.63) is 46.2 Å². The summed E-state index contributed by atoms with van der Waals surface area (Å²) in [5.41, 5.74) is 2.30. The average molecular weight is 302 g/mol. The Morgan fingerprint density at radius 3 is 2.90 bits per heavy atom. The van der Waals surface area contributed by atoms with Crippen LogP contribution in [0.2, 0.25) is 0 Å². The number of fused-ring (bicyclic) bond motifs is 1. The number of carbonyl (C=O) groups excluding carboxylic acids is 1. The highest BCUT2D eigenvalue weighted by atomic mass is 32.1. The normalized spacial score (nSPS) is 13.7. The monoisotopic (exact) mass is 302 g/mol. The Morgan fingerprint density at radius 2 is 2.14 bits per heavy atom. The molecule has 0 radical (unpaired) electrons. The summed E-state index contributed by atoms with van der Waals surface area (Å²) in [5, 5.41) is 5.14. The highest BCUT2D eigenvalue weighted by molar-refractivity contribution is 7.10. The van der Waals surface area contributed by atoms with Crippen LogP contribution in [-0.2, 0) is 17.8 Å². The molecule has 0 spiro atoms. The third-order valence-electron chi connectivity index (χ3n) is 3.67. The van der Waals surface area contributed by atoms with Crippen molar-refractivity contribution in [3.8, 4) is 5.75 Å². The van der Waals surface area contributed by atoms with Gasteiger partial charge in [-0.15, -0.1) is 11.3 Å². The molecule has 21 heavy (non-hydrogen) atoms. The molecule has 1 aromatic heterocycles. The maximum Gasteiger partial charge on any atom is 0.260 e. The predicted octanol–water partition coefficient (Wildman–Crippen LogP) is 2.75.